The van der Waals surface area contributed by atoms with Gasteiger partial charge in [-0.3, -0.25) is 4.99 Å². The largest absolute Gasteiger partial charge is 0.444 e. The quantitative estimate of drug-likeness (QED) is 0.358. The van der Waals surface area contributed by atoms with Gasteiger partial charge in [0.15, 0.2) is 5.96 Å². The fourth-order valence-electron chi connectivity index (χ4n) is 3.05. The van der Waals surface area contributed by atoms with Gasteiger partial charge in [0.05, 0.1) is 0 Å². The first kappa shape index (κ1) is 24.5. The lowest BCUT2D eigenvalue weighted by Gasteiger charge is -2.38. The minimum Gasteiger partial charge on any atom is -0.444 e. The third-order valence-corrected chi connectivity index (χ3v) is 4.86. The standard InChI is InChI=1S/C21H34N4O2.HI/c1-6-16-8-7-9-17(14-16)24-18(22)23-15-21(5)10-12-25(13-11-21)19(26)27-20(2,3)4;/h7-9,14H,6,10-13,15H2,1-5H3,(H3,22,23,24);1H. The van der Waals surface area contributed by atoms with Crippen LogP contribution in [-0.4, -0.2) is 42.2 Å². The van der Waals surface area contributed by atoms with E-state index in [9.17, 15) is 4.79 Å². The molecule has 28 heavy (non-hydrogen) atoms. The molecule has 0 radical (unpaired) electrons. The number of carbonyl (C=O) groups is 1. The molecule has 1 saturated heterocycles. The van der Waals surface area contributed by atoms with E-state index >= 15 is 0 Å². The minimum absolute atomic E-state index is 0. The second kappa shape index (κ2) is 10.3. The van der Waals surface area contributed by atoms with Crippen LogP contribution in [0.2, 0.25) is 0 Å². The smallest absolute Gasteiger partial charge is 0.410 e. The van der Waals surface area contributed by atoms with Crippen LogP contribution in [-0.2, 0) is 11.2 Å². The predicted molar refractivity (Wildman–Crippen MR) is 126 cm³/mol. The molecule has 6 nitrogen and oxygen atoms in total. The number of anilines is 1. The molecule has 3 N–H and O–H groups in total. The van der Waals surface area contributed by atoms with Gasteiger partial charge in [0.1, 0.15) is 5.60 Å². The number of piperidine rings is 1. The van der Waals surface area contributed by atoms with Crippen molar-refractivity contribution in [2.24, 2.45) is 16.1 Å². The summed E-state index contributed by atoms with van der Waals surface area (Å²) in [7, 11) is 0. The van der Waals surface area contributed by atoms with Crippen molar-refractivity contribution in [3.05, 3.63) is 29.8 Å². The van der Waals surface area contributed by atoms with E-state index < -0.39 is 5.60 Å². The summed E-state index contributed by atoms with van der Waals surface area (Å²) in [6, 6.07) is 8.19. The van der Waals surface area contributed by atoms with Crippen LogP contribution in [0.5, 0.6) is 0 Å². The molecule has 0 saturated carbocycles. The number of rotatable bonds is 4. The molecule has 1 aliphatic heterocycles. The number of nitrogens with one attached hydrogen (secondary N) is 1. The summed E-state index contributed by atoms with van der Waals surface area (Å²) in [5.74, 6) is 0.430. The number of guanidine groups is 1. The zero-order valence-electron chi connectivity index (χ0n) is 17.7. The number of hydrogen-bond donors (Lipinski definition) is 2. The van der Waals surface area contributed by atoms with Crippen LogP contribution >= 0.6 is 24.0 Å². The molecule has 1 amide bonds. The summed E-state index contributed by atoms with van der Waals surface area (Å²) in [6.45, 7) is 12.0. The molecule has 0 aliphatic carbocycles. The van der Waals surface area contributed by atoms with Gasteiger partial charge in [0.2, 0.25) is 0 Å². The summed E-state index contributed by atoms with van der Waals surface area (Å²) >= 11 is 0. The molecule has 0 spiro atoms. The molecular weight excluding hydrogens is 467 g/mol. The highest BCUT2D eigenvalue weighted by Crippen LogP contribution is 2.31. The van der Waals surface area contributed by atoms with Crippen LogP contribution in [0, 0.1) is 5.41 Å². The normalized spacial score (nSPS) is 16.9. The lowest BCUT2D eigenvalue weighted by atomic mass is 9.80. The van der Waals surface area contributed by atoms with Gasteiger partial charge >= 0.3 is 6.09 Å². The maximum absolute atomic E-state index is 12.2. The van der Waals surface area contributed by atoms with Gasteiger partial charge in [0, 0.05) is 25.3 Å². The molecule has 1 aromatic rings. The molecular formula is C21H35IN4O2. The Labute approximate surface area is 186 Å². The van der Waals surface area contributed by atoms with Crippen LogP contribution < -0.4 is 11.1 Å². The first-order chi connectivity index (χ1) is 12.6. The maximum atomic E-state index is 12.2. The third kappa shape index (κ3) is 7.85. The number of nitrogens with zero attached hydrogens (tertiary/aromatic N) is 2. The molecule has 1 heterocycles. The molecule has 1 fully saturated rings. The Kier molecular flexibility index (Phi) is 9.04. The van der Waals surface area contributed by atoms with Crippen molar-refractivity contribution in [1.82, 2.24) is 4.90 Å². The topological polar surface area (TPSA) is 80.0 Å². The van der Waals surface area contributed by atoms with E-state index in [0.29, 0.717) is 25.6 Å². The van der Waals surface area contributed by atoms with Gasteiger partial charge < -0.3 is 20.7 Å². The number of aryl methyl sites for hydroxylation is 1. The van der Waals surface area contributed by atoms with Gasteiger partial charge in [0.25, 0.3) is 0 Å². The average molecular weight is 502 g/mol. The highest BCUT2D eigenvalue weighted by Gasteiger charge is 2.33. The van der Waals surface area contributed by atoms with Gasteiger partial charge in [-0.05, 0) is 63.1 Å². The number of aliphatic imine (C=N–C) groups is 1. The Morgan fingerprint density at radius 3 is 2.54 bits per heavy atom. The average Bonchev–Trinajstić information content (AvgIpc) is 2.59. The van der Waals surface area contributed by atoms with Gasteiger partial charge in [-0.2, -0.15) is 0 Å². The van der Waals surface area contributed by atoms with Crippen molar-refractivity contribution in [3.8, 4) is 0 Å². The number of amides is 1. The van der Waals surface area contributed by atoms with E-state index in [1.54, 1.807) is 4.90 Å². The first-order valence-electron chi connectivity index (χ1n) is 9.74. The van der Waals surface area contributed by atoms with Gasteiger partial charge in [-0.25, -0.2) is 4.79 Å². The molecule has 0 atom stereocenters. The number of halogens is 1. The van der Waals surface area contributed by atoms with E-state index in [4.69, 9.17) is 10.5 Å². The van der Waals surface area contributed by atoms with Crippen molar-refractivity contribution in [3.63, 3.8) is 0 Å². The molecule has 0 bridgehead atoms. The SMILES string of the molecule is CCc1cccc(NC(N)=NCC2(C)CCN(C(=O)OC(C)(C)C)CC2)c1.I. The molecule has 158 valence electrons. The molecule has 1 aromatic carbocycles. The van der Waals surface area contributed by atoms with E-state index in [2.05, 4.69) is 36.3 Å². The fraction of sp³-hybridized carbons (Fsp3) is 0.619. The highest BCUT2D eigenvalue weighted by molar-refractivity contribution is 14.0. The minimum atomic E-state index is -0.461. The van der Waals surface area contributed by atoms with Crippen LogP contribution in [0.15, 0.2) is 29.3 Å². The summed E-state index contributed by atoms with van der Waals surface area (Å²) in [5.41, 5.74) is 7.87. The maximum Gasteiger partial charge on any atom is 0.410 e. The Morgan fingerprint density at radius 1 is 1.32 bits per heavy atom. The number of likely N-dealkylation sites (tertiary alicyclic amines) is 1. The van der Waals surface area contributed by atoms with Crippen LogP contribution in [0.3, 0.4) is 0 Å². The Bertz CT molecular complexity index is 677. The number of carbonyl (C=O) groups excluding carboxylic acids is 1. The first-order valence-corrected chi connectivity index (χ1v) is 9.74. The second-order valence-electron chi connectivity index (χ2n) is 8.66. The van der Waals surface area contributed by atoms with Crippen molar-refractivity contribution in [1.29, 1.82) is 0 Å². The van der Waals surface area contributed by atoms with Gasteiger partial charge in [-0.15, -0.1) is 24.0 Å². The predicted octanol–water partition coefficient (Wildman–Crippen LogP) is 4.63. The van der Waals surface area contributed by atoms with Crippen molar-refractivity contribution in [2.45, 2.75) is 59.5 Å². The molecule has 1 aliphatic rings. The lowest BCUT2D eigenvalue weighted by molar-refractivity contribution is 0.0127. The lowest BCUT2D eigenvalue weighted by Crippen LogP contribution is -2.45. The Balaban J connectivity index is 0.00000392. The second-order valence-corrected chi connectivity index (χ2v) is 8.66. The molecule has 0 unspecified atom stereocenters. The summed E-state index contributed by atoms with van der Waals surface area (Å²) in [5, 5.41) is 3.17. The van der Waals surface area contributed by atoms with Crippen molar-refractivity contribution in [2.75, 3.05) is 25.0 Å². The van der Waals surface area contributed by atoms with Crippen LogP contribution in [0.4, 0.5) is 10.5 Å². The summed E-state index contributed by atoms with van der Waals surface area (Å²) < 4.78 is 5.46. The highest BCUT2D eigenvalue weighted by atomic mass is 127. The zero-order valence-corrected chi connectivity index (χ0v) is 20.1. The summed E-state index contributed by atoms with van der Waals surface area (Å²) in [4.78, 5) is 18.5. The Hall–Kier alpha value is -1.51. The van der Waals surface area contributed by atoms with Crippen molar-refractivity contribution < 1.29 is 9.53 Å². The number of hydrogen-bond acceptors (Lipinski definition) is 3. The van der Waals surface area contributed by atoms with E-state index in [1.807, 2.05) is 32.9 Å². The van der Waals surface area contributed by atoms with Crippen LogP contribution in [0.25, 0.3) is 0 Å². The van der Waals surface area contributed by atoms with E-state index in [-0.39, 0.29) is 35.5 Å². The van der Waals surface area contributed by atoms with Crippen LogP contribution in [0.1, 0.15) is 53.0 Å². The number of ether oxygens (including phenoxy) is 1. The monoisotopic (exact) mass is 502 g/mol. The van der Waals surface area contributed by atoms with Crippen molar-refractivity contribution >= 4 is 41.7 Å². The molecule has 2 rings (SSSR count). The molecule has 7 heteroatoms. The number of benzene rings is 1. The van der Waals surface area contributed by atoms with E-state index in [1.165, 1.54) is 5.56 Å². The fourth-order valence-corrected chi connectivity index (χ4v) is 3.05. The summed E-state index contributed by atoms with van der Waals surface area (Å²) in [6.07, 6.45) is 2.52. The van der Waals surface area contributed by atoms with E-state index in [0.717, 1.165) is 24.9 Å². The third-order valence-electron chi connectivity index (χ3n) is 4.86. The number of nitrogens with two attached hydrogens (primary N) is 1. The van der Waals surface area contributed by atoms with Gasteiger partial charge in [-0.1, -0.05) is 26.0 Å². The zero-order chi connectivity index (χ0) is 20.1. The molecule has 0 aromatic heterocycles. The Morgan fingerprint density at radius 2 is 1.96 bits per heavy atom.